The highest BCUT2D eigenvalue weighted by Crippen LogP contribution is 2.38. The summed E-state index contributed by atoms with van der Waals surface area (Å²) in [4.78, 5) is 15.3. The minimum atomic E-state index is 0.614. The number of aromatic nitrogens is 3. The Bertz CT molecular complexity index is 2830. The topological polar surface area (TPSA) is 51.8 Å². The van der Waals surface area contributed by atoms with E-state index < -0.39 is 0 Å². The van der Waals surface area contributed by atoms with Gasteiger partial charge in [0.15, 0.2) is 17.5 Å². The van der Waals surface area contributed by atoms with Gasteiger partial charge in [-0.2, -0.15) is 0 Å². The van der Waals surface area contributed by atoms with Crippen LogP contribution in [0.15, 0.2) is 150 Å². The van der Waals surface area contributed by atoms with Crippen molar-refractivity contribution in [2.24, 2.45) is 0 Å². The quantitative estimate of drug-likeness (QED) is 0.253. The lowest BCUT2D eigenvalue weighted by atomic mass is 9.60. The largest absolute Gasteiger partial charge is 0.455 e. The van der Waals surface area contributed by atoms with Gasteiger partial charge >= 0.3 is 0 Å². The molecule has 0 fully saturated rings. The van der Waals surface area contributed by atoms with E-state index in [4.69, 9.17) is 19.4 Å². The first-order chi connectivity index (χ1) is 26.3. The van der Waals surface area contributed by atoms with Crippen molar-refractivity contribution in [3.8, 4) is 67.5 Å². The van der Waals surface area contributed by atoms with Crippen LogP contribution in [-0.4, -0.2) is 54.2 Å². The van der Waals surface area contributed by atoms with Gasteiger partial charge in [-0.1, -0.05) is 144 Å². The second-order valence-electron chi connectivity index (χ2n) is 14.2. The molecule has 0 bridgehead atoms. The van der Waals surface area contributed by atoms with Crippen molar-refractivity contribution in [3.05, 3.63) is 146 Å². The van der Waals surface area contributed by atoms with E-state index in [2.05, 4.69) is 148 Å². The van der Waals surface area contributed by atoms with Crippen molar-refractivity contribution in [1.29, 1.82) is 0 Å². The van der Waals surface area contributed by atoms with Gasteiger partial charge in [0.25, 0.3) is 0 Å². The summed E-state index contributed by atoms with van der Waals surface area (Å²) in [5.41, 5.74) is 17.7. The fraction of sp³-hybridized carbons (Fsp3) is 0. The minimum Gasteiger partial charge on any atom is -0.455 e. The molecule has 54 heavy (non-hydrogen) atoms. The van der Waals surface area contributed by atoms with Crippen LogP contribution in [0.25, 0.3) is 89.5 Å². The van der Waals surface area contributed by atoms with Crippen LogP contribution < -0.4 is 27.3 Å². The van der Waals surface area contributed by atoms with E-state index in [1.807, 2.05) is 36.4 Å². The smallest absolute Gasteiger partial charge is 0.164 e. The van der Waals surface area contributed by atoms with Crippen molar-refractivity contribution in [1.82, 2.24) is 15.0 Å². The maximum absolute atomic E-state index is 6.71. The van der Waals surface area contributed by atoms with Gasteiger partial charge in [0.1, 0.15) is 50.4 Å². The Balaban J connectivity index is 1.11. The summed E-state index contributed by atoms with van der Waals surface area (Å²) in [5, 5.41) is 2.13. The Morgan fingerprint density at radius 3 is 1.41 bits per heavy atom. The van der Waals surface area contributed by atoms with Gasteiger partial charge in [-0.15, -0.1) is 16.4 Å². The highest BCUT2D eigenvalue weighted by atomic mass is 16.3. The second kappa shape index (κ2) is 13.6. The summed E-state index contributed by atoms with van der Waals surface area (Å²) in [6, 6.07) is 50.8. The molecule has 9 heteroatoms. The molecule has 0 amide bonds. The predicted molar refractivity (Wildman–Crippen MR) is 241 cm³/mol. The number of benzene rings is 7. The molecule has 7 aromatic carbocycles. The number of hydrogen-bond acceptors (Lipinski definition) is 4. The van der Waals surface area contributed by atoms with E-state index in [1.54, 1.807) is 0 Å². The second-order valence-corrected chi connectivity index (χ2v) is 14.2. The third kappa shape index (κ3) is 5.86. The third-order valence-corrected chi connectivity index (χ3v) is 11.2. The average molecular weight is 687 g/mol. The van der Waals surface area contributed by atoms with E-state index >= 15 is 0 Å². The number of rotatable bonds is 6. The van der Waals surface area contributed by atoms with Gasteiger partial charge in [0, 0.05) is 33.0 Å². The van der Waals surface area contributed by atoms with Crippen LogP contribution in [0.3, 0.4) is 0 Å². The van der Waals surface area contributed by atoms with Crippen LogP contribution in [0.2, 0.25) is 0 Å². The maximum Gasteiger partial charge on any atom is 0.164 e. The molecule has 9 aromatic rings. The van der Waals surface area contributed by atoms with E-state index in [9.17, 15) is 0 Å². The molecule has 0 aliphatic rings. The zero-order chi connectivity index (χ0) is 36.9. The Morgan fingerprint density at radius 1 is 0.352 bits per heavy atom. The SMILES string of the molecule is Bc1c(B)c(B)c(-c2nc(-c3ccccc3)nc(-c3ccc4c(c3)oc3c(-c5ccc(-c6ccc(-c7ccccc7)cc6)cc5)cccc34)n2)c(B)c1B. The van der Waals surface area contributed by atoms with Gasteiger partial charge in [-0.25, -0.2) is 15.0 Å². The van der Waals surface area contributed by atoms with Crippen LogP contribution >= 0.6 is 0 Å². The molecule has 0 unspecified atom stereocenters. The summed E-state index contributed by atoms with van der Waals surface area (Å²) in [5.74, 6) is 1.94. The summed E-state index contributed by atoms with van der Waals surface area (Å²) in [6.45, 7) is 0. The van der Waals surface area contributed by atoms with E-state index in [1.165, 1.54) is 49.6 Å². The highest BCUT2D eigenvalue weighted by Gasteiger charge is 2.20. The van der Waals surface area contributed by atoms with Crippen LogP contribution in [0.5, 0.6) is 0 Å². The first-order valence-corrected chi connectivity index (χ1v) is 18.4. The van der Waals surface area contributed by atoms with Crippen LogP contribution in [0.4, 0.5) is 0 Å². The van der Waals surface area contributed by atoms with Crippen molar-refractivity contribution in [2.75, 3.05) is 0 Å². The maximum atomic E-state index is 6.71. The van der Waals surface area contributed by atoms with E-state index in [0.29, 0.717) is 17.5 Å². The summed E-state index contributed by atoms with van der Waals surface area (Å²) in [6.07, 6.45) is 0. The van der Waals surface area contributed by atoms with Crippen LogP contribution in [0.1, 0.15) is 0 Å². The van der Waals surface area contributed by atoms with Gasteiger partial charge < -0.3 is 4.42 Å². The lowest BCUT2D eigenvalue weighted by molar-refractivity contribution is 0.670. The standard InChI is InChI=1S/C45H34B5N3O/c46-37-36(38(47)40(49)41(50)39(37)48)45-52-43(30-10-5-2-6-11-30)51-44(53-45)31-22-23-33-34-13-7-12-32(42(34)54-35(33)24-31)29-20-18-28(19-21-29)27-16-14-26(15-17-27)25-8-3-1-4-9-25/h1-24H,46-50H2. The molecule has 0 atom stereocenters. The average Bonchev–Trinajstić information content (AvgIpc) is 3.61. The van der Waals surface area contributed by atoms with Crippen molar-refractivity contribution in [2.45, 2.75) is 0 Å². The molecule has 0 saturated carbocycles. The molecular weight excluding hydrogens is 653 g/mol. The van der Waals surface area contributed by atoms with Gasteiger partial charge in [0.05, 0.1) is 0 Å². The zero-order valence-corrected chi connectivity index (χ0v) is 31.1. The number of para-hydroxylation sites is 1. The van der Waals surface area contributed by atoms with Crippen molar-refractivity contribution >= 4 is 88.5 Å². The predicted octanol–water partition coefficient (Wildman–Crippen LogP) is 3.07. The molecule has 0 aliphatic heterocycles. The lowest BCUT2D eigenvalue weighted by Crippen LogP contribution is -2.55. The molecule has 0 saturated heterocycles. The Hall–Kier alpha value is -6.33. The zero-order valence-electron chi connectivity index (χ0n) is 31.1. The summed E-state index contributed by atoms with van der Waals surface area (Å²) in [7, 11) is 10.9. The number of hydrogen-bond donors (Lipinski definition) is 0. The Labute approximate surface area is 319 Å². The van der Waals surface area contributed by atoms with Crippen LogP contribution in [0, 0.1) is 0 Å². The highest BCUT2D eigenvalue weighted by molar-refractivity contribution is 6.68. The monoisotopic (exact) mass is 687 g/mol. The molecule has 2 aromatic heterocycles. The first kappa shape index (κ1) is 33.5. The Morgan fingerprint density at radius 2 is 0.815 bits per heavy atom. The molecule has 0 radical (unpaired) electrons. The molecular formula is C45H34B5N3O. The Kier molecular flexibility index (Phi) is 8.43. The summed E-state index contributed by atoms with van der Waals surface area (Å²) >= 11 is 0. The third-order valence-electron chi connectivity index (χ3n) is 11.2. The molecule has 0 aliphatic carbocycles. The van der Waals surface area contributed by atoms with Gasteiger partial charge in [-0.05, 0) is 39.9 Å². The fourth-order valence-corrected chi connectivity index (χ4v) is 7.66. The normalized spacial score (nSPS) is 11.3. The van der Waals surface area contributed by atoms with Crippen molar-refractivity contribution in [3.63, 3.8) is 0 Å². The number of fused-ring (bicyclic) bond motifs is 3. The molecule has 0 spiro atoms. The molecule has 2 heterocycles. The van der Waals surface area contributed by atoms with Crippen LogP contribution in [-0.2, 0) is 0 Å². The number of nitrogens with zero attached hydrogens (tertiary/aromatic N) is 3. The van der Waals surface area contributed by atoms with Gasteiger partial charge in [0.2, 0.25) is 0 Å². The fourth-order valence-electron chi connectivity index (χ4n) is 7.66. The first-order valence-electron chi connectivity index (χ1n) is 18.4. The molecule has 250 valence electrons. The van der Waals surface area contributed by atoms with Gasteiger partial charge in [-0.3, -0.25) is 0 Å². The number of furan rings is 1. The van der Waals surface area contributed by atoms with Crippen molar-refractivity contribution < 1.29 is 4.42 Å². The molecule has 0 N–H and O–H groups in total. The molecule has 9 rings (SSSR count). The van der Waals surface area contributed by atoms with E-state index in [0.717, 1.165) is 49.8 Å². The minimum absolute atomic E-state index is 0.614. The lowest BCUT2D eigenvalue weighted by Gasteiger charge is -2.20. The van der Waals surface area contributed by atoms with E-state index in [-0.39, 0.29) is 0 Å². The summed E-state index contributed by atoms with van der Waals surface area (Å²) < 4.78 is 6.71. The molecule has 4 nitrogen and oxygen atoms in total.